The number of nitrogens with zero attached hydrogens (tertiary/aromatic N) is 1. The van der Waals surface area contributed by atoms with Gasteiger partial charge in [0.1, 0.15) is 5.60 Å². The molecule has 0 bridgehead atoms. The van der Waals surface area contributed by atoms with Crippen LogP contribution in [-0.2, 0) is 4.74 Å². The molecule has 0 saturated heterocycles. The number of hydrogen-bond acceptors (Lipinski definition) is 3. The van der Waals surface area contributed by atoms with Gasteiger partial charge in [-0.25, -0.2) is 4.79 Å². The maximum Gasteiger partial charge on any atom is 0.414 e. The van der Waals surface area contributed by atoms with E-state index in [4.69, 9.17) is 4.74 Å². The summed E-state index contributed by atoms with van der Waals surface area (Å²) in [6, 6.07) is 18.0. The smallest absolute Gasteiger partial charge is 0.414 e. The molecule has 2 aromatic carbocycles. The van der Waals surface area contributed by atoms with Gasteiger partial charge < -0.3 is 10.1 Å². The molecule has 0 radical (unpaired) electrons. The number of benzene rings is 2. The predicted molar refractivity (Wildman–Crippen MR) is 92.8 cm³/mol. The van der Waals surface area contributed by atoms with Crippen molar-refractivity contribution in [2.75, 3.05) is 16.8 Å². The molecule has 0 spiro atoms. The van der Waals surface area contributed by atoms with E-state index in [9.17, 15) is 4.79 Å². The number of amides is 1. The number of carbonyl (C=O) groups is 1. The quantitative estimate of drug-likeness (QED) is 0.837. The second-order valence-corrected chi connectivity index (χ2v) is 6.72. The van der Waals surface area contributed by atoms with Crippen LogP contribution < -0.4 is 10.2 Å². The first-order chi connectivity index (χ1) is 10.9. The van der Waals surface area contributed by atoms with E-state index in [0.717, 1.165) is 16.9 Å². The van der Waals surface area contributed by atoms with Crippen molar-refractivity contribution in [2.24, 2.45) is 0 Å². The van der Waals surface area contributed by atoms with Gasteiger partial charge in [0.25, 0.3) is 0 Å². The second kappa shape index (κ2) is 5.95. The molecule has 1 atom stereocenters. The summed E-state index contributed by atoms with van der Waals surface area (Å²) in [6.45, 7) is 6.19. The van der Waals surface area contributed by atoms with Crippen LogP contribution in [0.4, 0.5) is 16.2 Å². The maximum absolute atomic E-state index is 12.6. The first-order valence-electron chi connectivity index (χ1n) is 7.85. The molecule has 3 rings (SSSR count). The summed E-state index contributed by atoms with van der Waals surface area (Å²) in [5, 5.41) is 3.51. The number of ether oxygens (including phenoxy) is 1. The molecule has 1 aliphatic rings. The third-order valence-corrected chi connectivity index (χ3v) is 3.71. The summed E-state index contributed by atoms with van der Waals surface area (Å²) in [6.07, 6.45) is -0.313. The van der Waals surface area contributed by atoms with Crippen LogP contribution in [0, 0.1) is 0 Å². The van der Waals surface area contributed by atoms with Crippen molar-refractivity contribution < 1.29 is 9.53 Å². The van der Waals surface area contributed by atoms with Crippen molar-refractivity contribution in [1.29, 1.82) is 0 Å². The van der Waals surface area contributed by atoms with Crippen molar-refractivity contribution in [3.8, 4) is 0 Å². The minimum Gasteiger partial charge on any atom is -0.443 e. The Hall–Kier alpha value is -2.49. The van der Waals surface area contributed by atoms with E-state index in [2.05, 4.69) is 17.4 Å². The lowest BCUT2D eigenvalue weighted by atomic mass is 10.0. The summed E-state index contributed by atoms with van der Waals surface area (Å²) in [4.78, 5) is 14.3. The fourth-order valence-corrected chi connectivity index (χ4v) is 2.71. The highest BCUT2D eigenvalue weighted by molar-refractivity contribution is 5.93. The summed E-state index contributed by atoms with van der Waals surface area (Å²) in [7, 11) is 0. The molecule has 4 heteroatoms. The summed E-state index contributed by atoms with van der Waals surface area (Å²) >= 11 is 0. The van der Waals surface area contributed by atoms with Gasteiger partial charge in [0.05, 0.1) is 24.0 Å². The fraction of sp³-hybridized carbons (Fsp3) is 0.316. The molecule has 0 unspecified atom stereocenters. The van der Waals surface area contributed by atoms with E-state index in [1.54, 1.807) is 4.90 Å². The number of para-hydroxylation sites is 2. The molecule has 23 heavy (non-hydrogen) atoms. The average molecular weight is 310 g/mol. The summed E-state index contributed by atoms with van der Waals surface area (Å²) in [5.41, 5.74) is 2.43. The third kappa shape index (κ3) is 3.47. The Morgan fingerprint density at radius 3 is 2.43 bits per heavy atom. The number of fused-ring (bicyclic) bond motifs is 1. The Labute approximate surface area is 137 Å². The predicted octanol–water partition coefficient (Wildman–Crippen LogP) is 4.59. The van der Waals surface area contributed by atoms with Crippen molar-refractivity contribution in [1.82, 2.24) is 0 Å². The highest BCUT2D eigenvalue weighted by Crippen LogP contribution is 2.36. The fourth-order valence-electron chi connectivity index (χ4n) is 2.71. The highest BCUT2D eigenvalue weighted by atomic mass is 16.6. The summed E-state index contributed by atoms with van der Waals surface area (Å²) < 4.78 is 5.58. The van der Waals surface area contributed by atoms with Crippen LogP contribution in [0.3, 0.4) is 0 Å². The highest BCUT2D eigenvalue weighted by Gasteiger charge is 2.31. The monoisotopic (exact) mass is 310 g/mol. The van der Waals surface area contributed by atoms with Crippen molar-refractivity contribution in [2.45, 2.75) is 32.4 Å². The molecule has 1 amide bonds. The van der Waals surface area contributed by atoms with Gasteiger partial charge in [-0.2, -0.15) is 0 Å². The normalized spacial score (nSPS) is 17.2. The zero-order chi connectivity index (χ0) is 16.4. The molecular weight excluding hydrogens is 288 g/mol. The lowest BCUT2D eigenvalue weighted by molar-refractivity contribution is 0.0577. The van der Waals surface area contributed by atoms with E-state index in [-0.39, 0.29) is 12.1 Å². The van der Waals surface area contributed by atoms with Gasteiger partial charge in [0.2, 0.25) is 0 Å². The maximum atomic E-state index is 12.6. The van der Waals surface area contributed by atoms with Gasteiger partial charge in [-0.3, -0.25) is 4.90 Å². The van der Waals surface area contributed by atoms with Gasteiger partial charge in [0.15, 0.2) is 0 Å². The molecule has 0 aliphatic carbocycles. The van der Waals surface area contributed by atoms with Crippen molar-refractivity contribution >= 4 is 17.5 Å². The molecule has 1 heterocycles. The standard InChI is InChI=1S/C19H22N2O2/c1-19(2,3)23-18(22)21-13-16(14-9-5-4-6-10-14)20-15-11-7-8-12-17(15)21/h4-12,16,20H,13H2,1-3H3/t16-/m1/s1. The Bertz CT molecular complexity index is 692. The molecule has 0 aromatic heterocycles. The Kier molecular flexibility index (Phi) is 3.99. The van der Waals surface area contributed by atoms with E-state index < -0.39 is 5.60 Å². The Balaban J connectivity index is 1.93. The molecule has 4 nitrogen and oxygen atoms in total. The van der Waals surface area contributed by atoms with Crippen LogP contribution in [0.25, 0.3) is 0 Å². The van der Waals surface area contributed by atoms with Crippen LogP contribution in [0.15, 0.2) is 54.6 Å². The number of rotatable bonds is 1. The SMILES string of the molecule is CC(C)(C)OC(=O)N1C[C@H](c2ccccc2)Nc2ccccc21. The lowest BCUT2D eigenvalue weighted by Crippen LogP contribution is -2.43. The largest absolute Gasteiger partial charge is 0.443 e. The van der Waals surface area contributed by atoms with E-state index in [1.807, 2.05) is 63.2 Å². The molecular formula is C19H22N2O2. The van der Waals surface area contributed by atoms with Crippen LogP contribution in [0.2, 0.25) is 0 Å². The van der Waals surface area contributed by atoms with Gasteiger partial charge in [-0.1, -0.05) is 42.5 Å². The van der Waals surface area contributed by atoms with E-state index in [1.165, 1.54) is 0 Å². The number of hydrogen-bond donors (Lipinski definition) is 1. The van der Waals surface area contributed by atoms with Gasteiger partial charge >= 0.3 is 6.09 Å². The molecule has 0 saturated carbocycles. The molecule has 1 aliphatic heterocycles. The average Bonchev–Trinajstić information content (AvgIpc) is 2.53. The minimum atomic E-state index is -0.515. The van der Waals surface area contributed by atoms with Crippen LogP contribution in [0.5, 0.6) is 0 Å². The van der Waals surface area contributed by atoms with Crippen LogP contribution >= 0.6 is 0 Å². The first-order valence-corrected chi connectivity index (χ1v) is 7.85. The lowest BCUT2D eigenvalue weighted by Gasteiger charge is -2.36. The molecule has 0 fully saturated rings. The van der Waals surface area contributed by atoms with Crippen molar-refractivity contribution in [3.05, 3.63) is 60.2 Å². The zero-order valence-corrected chi connectivity index (χ0v) is 13.7. The Morgan fingerprint density at radius 1 is 1.09 bits per heavy atom. The summed E-state index contributed by atoms with van der Waals surface area (Å²) in [5.74, 6) is 0. The Morgan fingerprint density at radius 2 is 1.74 bits per heavy atom. The van der Waals surface area contributed by atoms with Crippen LogP contribution in [-0.4, -0.2) is 18.2 Å². The van der Waals surface area contributed by atoms with Gasteiger partial charge in [-0.05, 0) is 38.5 Å². The van der Waals surface area contributed by atoms with Crippen molar-refractivity contribution in [3.63, 3.8) is 0 Å². The second-order valence-electron chi connectivity index (χ2n) is 6.72. The van der Waals surface area contributed by atoms with Gasteiger partial charge in [-0.15, -0.1) is 0 Å². The minimum absolute atomic E-state index is 0.0404. The first kappa shape index (κ1) is 15.4. The number of carbonyl (C=O) groups excluding carboxylic acids is 1. The van der Waals surface area contributed by atoms with Gasteiger partial charge in [0, 0.05) is 0 Å². The number of anilines is 2. The molecule has 1 N–H and O–H groups in total. The number of nitrogens with one attached hydrogen (secondary N) is 1. The topological polar surface area (TPSA) is 41.6 Å². The zero-order valence-electron chi connectivity index (χ0n) is 13.7. The third-order valence-electron chi connectivity index (χ3n) is 3.71. The van der Waals surface area contributed by atoms with E-state index in [0.29, 0.717) is 6.54 Å². The molecule has 2 aromatic rings. The van der Waals surface area contributed by atoms with E-state index >= 15 is 0 Å². The molecule has 120 valence electrons. The van der Waals surface area contributed by atoms with Crippen LogP contribution in [0.1, 0.15) is 32.4 Å².